The Morgan fingerprint density at radius 2 is 1.84 bits per heavy atom. The Bertz CT molecular complexity index is 1280. The normalized spacial score (nSPS) is 22.0. The maximum absolute atomic E-state index is 15.1. The molecule has 2 unspecified atom stereocenters. The molecule has 3 heterocycles. The van der Waals surface area contributed by atoms with Gasteiger partial charge in [0.15, 0.2) is 11.4 Å². The first-order chi connectivity index (χ1) is 17.5. The third kappa shape index (κ3) is 5.15. The molecule has 0 aliphatic carbocycles. The SMILES string of the molecule is C[S+]([O-])CC(=O)N1CC(F)(c2ccc(C3=NOC(c4cc(Cl)c(Cl)c(C(F)(F)F)c4)(C(F)(F)F)C3)cn2)C1. The molecule has 1 fully saturated rings. The van der Waals surface area contributed by atoms with Crippen LogP contribution in [0.3, 0.4) is 0 Å². The van der Waals surface area contributed by atoms with E-state index in [9.17, 15) is 35.7 Å². The second-order valence-electron chi connectivity index (χ2n) is 8.81. The minimum Gasteiger partial charge on any atom is -0.616 e. The van der Waals surface area contributed by atoms with Crippen LogP contribution in [0, 0.1) is 0 Å². The first-order valence-corrected chi connectivity index (χ1v) is 13.1. The zero-order valence-electron chi connectivity index (χ0n) is 19.1. The van der Waals surface area contributed by atoms with E-state index in [0.717, 1.165) is 11.1 Å². The number of oxime groups is 1. The molecule has 2 aromatic rings. The van der Waals surface area contributed by atoms with Gasteiger partial charge in [0.25, 0.3) is 11.5 Å². The summed E-state index contributed by atoms with van der Waals surface area (Å²) in [6.07, 6.45) is -8.96. The molecule has 2 aliphatic heterocycles. The van der Waals surface area contributed by atoms with E-state index in [1.807, 2.05) is 0 Å². The number of nitrogens with zero attached hydrogens (tertiary/aromatic N) is 3. The average molecular weight is 606 g/mol. The molecule has 6 nitrogen and oxygen atoms in total. The number of hydrogen-bond acceptors (Lipinski definition) is 5. The summed E-state index contributed by atoms with van der Waals surface area (Å²) in [6, 6.07) is 3.29. The lowest BCUT2D eigenvalue weighted by Crippen LogP contribution is -2.60. The number of carbonyl (C=O) groups is 1. The van der Waals surface area contributed by atoms with Gasteiger partial charge in [-0.25, -0.2) is 4.39 Å². The van der Waals surface area contributed by atoms with Crippen LogP contribution in [-0.2, 0) is 38.3 Å². The van der Waals surface area contributed by atoms with Crippen LogP contribution < -0.4 is 0 Å². The summed E-state index contributed by atoms with van der Waals surface area (Å²) in [5.41, 5.74) is -8.22. The summed E-state index contributed by atoms with van der Waals surface area (Å²) >= 11 is 9.91. The Morgan fingerprint density at radius 1 is 1.18 bits per heavy atom. The molecule has 0 spiro atoms. The summed E-state index contributed by atoms with van der Waals surface area (Å²) in [7, 11) is 0. The molecule has 1 saturated heterocycles. The molecule has 206 valence electrons. The van der Waals surface area contributed by atoms with E-state index in [4.69, 9.17) is 28.0 Å². The van der Waals surface area contributed by atoms with Gasteiger partial charge in [-0.1, -0.05) is 28.4 Å². The second-order valence-corrected chi connectivity index (χ2v) is 11.0. The second kappa shape index (κ2) is 9.72. The molecule has 2 aliphatic rings. The highest BCUT2D eigenvalue weighted by Crippen LogP contribution is 2.51. The maximum Gasteiger partial charge on any atom is 0.435 e. The van der Waals surface area contributed by atoms with Gasteiger partial charge in [0.05, 0.1) is 52.8 Å². The fraction of sp³-hybridized carbons (Fsp3) is 0.409. The molecule has 0 saturated carbocycles. The highest BCUT2D eigenvalue weighted by atomic mass is 35.5. The number of aromatic nitrogens is 1. The minimum atomic E-state index is -5.22. The third-order valence-electron chi connectivity index (χ3n) is 6.10. The van der Waals surface area contributed by atoms with Gasteiger partial charge in [0.1, 0.15) is 0 Å². The van der Waals surface area contributed by atoms with Crippen molar-refractivity contribution in [3.05, 3.63) is 62.9 Å². The van der Waals surface area contributed by atoms with Gasteiger partial charge in [-0.05, 0) is 35.4 Å². The minimum absolute atomic E-state index is 0.00761. The molecule has 38 heavy (non-hydrogen) atoms. The van der Waals surface area contributed by atoms with Crippen molar-refractivity contribution >= 4 is 46.0 Å². The van der Waals surface area contributed by atoms with Crippen LogP contribution in [-0.4, -0.2) is 57.3 Å². The van der Waals surface area contributed by atoms with E-state index < -0.39 is 68.3 Å². The van der Waals surface area contributed by atoms with E-state index in [-0.39, 0.29) is 41.9 Å². The Balaban J connectivity index is 1.57. The molecule has 1 aromatic heterocycles. The van der Waals surface area contributed by atoms with E-state index in [2.05, 4.69) is 10.1 Å². The van der Waals surface area contributed by atoms with Crippen LogP contribution in [0.15, 0.2) is 35.6 Å². The van der Waals surface area contributed by atoms with Gasteiger partial charge in [-0.2, -0.15) is 26.3 Å². The molecular formula is C22H16Cl2F7N3O3S. The molecule has 4 rings (SSSR count). The molecular weight excluding hydrogens is 590 g/mol. The van der Waals surface area contributed by atoms with Crippen molar-refractivity contribution in [2.45, 2.75) is 30.0 Å². The fourth-order valence-corrected chi connectivity index (χ4v) is 5.04. The standard InChI is InChI=1S/C22H16Cl2F7N3O3S/c1-38(36)8-17(35)34-9-19(25,10-34)16-3-2-11(7-32-16)15-6-20(37-33-15,22(29,30)31)12-4-13(21(26,27)28)18(24)14(23)5-12/h2-5,7H,6,8-10H2,1H3. The summed E-state index contributed by atoms with van der Waals surface area (Å²) < 4.78 is 109. The smallest absolute Gasteiger partial charge is 0.435 e. The molecule has 0 N–H and O–H groups in total. The van der Waals surface area contributed by atoms with Crippen molar-refractivity contribution in [1.29, 1.82) is 0 Å². The fourth-order valence-electron chi connectivity index (χ4n) is 4.08. The third-order valence-corrected chi connectivity index (χ3v) is 7.56. The quantitative estimate of drug-likeness (QED) is 0.339. The monoisotopic (exact) mass is 605 g/mol. The molecule has 2 atom stereocenters. The lowest BCUT2D eigenvalue weighted by molar-refractivity contribution is -0.276. The summed E-state index contributed by atoms with van der Waals surface area (Å²) in [5, 5.41) is 1.74. The topological polar surface area (TPSA) is 77.8 Å². The predicted octanol–water partition coefficient (Wildman–Crippen LogP) is 5.37. The van der Waals surface area contributed by atoms with Crippen LogP contribution in [0.5, 0.6) is 0 Å². The van der Waals surface area contributed by atoms with Crippen LogP contribution >= 0.6 is 23.2 Å². The van der Waals surface area contributed by atoms with E-state index in [1.165, 1.54) is 18.4 Å². The molecule has 0 bridgehead atoms. The first-order valence-electron chi connectivity index (χ1n) is 10.6. The summed E-state index contributed by atoms with van der Waals surface area (Å²) in [6.45, 7) is -0.676. The van der Waals surface area contributed by atoms with Crippen molar-refractivity contribution in [2.24, 2.45) is 5.16 Å². The van der Waals surface area contributed by atoms with Crippen molar-refractivity contribution in [3.8, 4) is 0 Å². The Kier molecular flexibility index (Phi) is 7.34. The lowest BCUT2D eigenvalue weighted by Gasteiger charge is -2.43. The maximum atomic E-state index is 15.1. The number of benzene rings is 1. The number of pyridine rings is 1. The number of rotatable bonds is 5. The van der Waals surface area contributed by atoms with E-state index in [0.29, 0.717) is 6.07 Å². The number of hydrogen-bond donors (Lipinski definition) is 0. The zero-order chi connectivity index (χ0) is 28.3. The highest BCUT2D eigenvalue weighted by molar-refractivity contribution is 7.91. The van der Waals surface area contributed by atoms with Crippen molar-refractivity contribution < 1.29 is 44.9 Å². The average Bonchev–Trinajstić information content (AvgIpc) is 3.24. The van der Waals surface area contributed by atoms with E-state index >= 15 is 4.39 Å². The first kappa shape index (κ1) is 28.7. The summed E-state index contributed by atoms with van der Waals surface area (Å²) in [4.78, 5) is 21.8. The molecule has 16 heteroatoms. The number of alkyl halides is 7. The number of likely N-dealkylation sites (tertiary alicyclic amines) is 1. The van der Waals surface area contributed by atoms with Gasteiger partial charge in [0.2, 0.25) is 0 Å². The van der Waals surface area contributed by atoms with Crippen molar-refractivity contribution in [2.75, 3.05) is 25.1 Å². The molecule has 1 aromatic carbocycles. The number of halogens is 9. The summed E-state index contributed by atoms with van der Waals surface area (Å²) in [5.74, 6) is -0.750. The number of carbonyl (C=O) groups excluding carboxylic acids is 1. The van der Waals surface area contributed by atoms with Crippen molar-refractivity contribution in [3.63, 3.8) is 0 Å². The Labute approximate surface area is 223 Å². The van der Waals surface area contributed by atoms with Crippen LogP contribution in [0.2, 0.25) is 10.0 Å². The Morgan fingerprint density at radius 3 is 2.37 bits per heavy atom. The van der Waals surface area contributed by atoms with Gasteiger partial charge in [-0.15, -0.1) is 0 Å². The molecule has 1 amide bonds. The number of amides is 1. The van der Waals surface area contributed by atoms with Crippen molar-refractivity contribution in [1.82, 2.24) is 9.88 Å². The Hall–Kier alpha value is -2.29. The molecule has 0 radical (unpaired) electrons. The van der Waals surface area contributed by atoms with Crippen LogP contribution in [0.4, 0.5) is 30.7 Å². The van der Waals surface area contributed by atoms with Crippen LogP contribution in [0.1, 0.15) is 28.8 Å². The lowest BCUT2D eigenvalue weighted by atomic mass is 9.85. The van der Waals surface area contributed by atoms with Gasteiger partial charge in [-0.3, -0.25) is 9.78 Å². The predicted molar refractivity (Wildman–Crippen MR) is 124 cm³/mol. The van der Waals surface area contributed by atoms with Gasteiger partial charge < -0.3 is 14.3 Å². The zero-order valence-corrected chi connectivity index (χ0v) is 21.4. The van der Waals surface area contributed by atoms with E-state index in [1.54, 1.807) is 0 Å². The van der Waals surface area contributed by atoms with Gasteiger partial charge >= 0.3 is 12.4 Å². The van der Waals surface area contributed by atoms with Gasteiger partial charge in [0, 0.05) is 17.3 Å². The largest absolute Gasteiger partial charge is 0.616 e. The highest BCUT2D eigenvalue weighted by Gasteiger charge is 2.63. The van der Waals surface area contributed by atoms with Crippen LogP contribution in [0.25, 0.3) is 0 Å².